The Labute approximate surface area is 166 Å². The molecule has 0 unspecified atom stereocenters. The Morgan fingerprint density at radius 3 is 2.46 bits per heavy atom. The van der Waals surface area contributed by atoms with Crippen LogP contribution >= 0.6 is 0 Å². The first-order chi connectivity index (χ1) is 13.6. The lowest BCUT2D eigenvalue weighted by molar-refractivity contribution is 0.0992. The Morgan fingerprint density at radius 1 is 0.893 bits per heavy atom. The molecule has 0 bridgehead atoms. The molecule has 0 saturated heterocycles. The number of fused-ring (bicyclic) bond motifs is 4. The lowest BCUT2D eigenvalue weighted by Crippen LogP contribution is -2.13. The summed E-state index contributed by atoms with van der Waals surface area (Å²) in [6.07, 6.45) is 7.08. The van der Waals surface area contributed by atoms with Crippen molar-refractivity contribution >= 4 is 22.1 Å². The van der Waals surface area contributed by atoms with Gasteiger partial charge >= 0.3 is 0 Å². The third-order valence-electron chi connectivity index (χ3n) is 6.15. The van der Waals surface area contributed by atoms with E-state index in [-0.39, 0.29) is 5.78 Å². The Hall–Kier alpha value is -2.93. The zero-order valence-corrected chi connectivity index (χ0v) is 16.5. The molecule has 0 aliphatic heterocycles. The molecule has 2 aliphatic rings. The molecule has 1 nitrogen and oxygen atoms in total. The van der Waals surface area contributed by atoms with Gasteiger partial charge in [-0.15, -0.1) is 0 Å². The standard InChI is InChI=1S/C27H24O/c1-17(2)18-7-9-19(10-8-18)20-11-13-24-22(15-20)12-14-25-23-6-4-3-5-21(23)16-26(28)27(24)25/h4,6-15,17H,3,5,16H2,1-2H3. The van der Waals surface area contributed by atoms with Crippen LogP contribution in [0.1, 0.15) is 60.5 Å². The van der Waals surface area contributed by atoms with Gasteiger partial charge in [-0.1, -0.05) is 80.1 Å². The highest BCUT2D eigenvalue weighted by Gasteiger charge is 2.26. The molecular formula is C27H24O. The first kappa shape index (κ1) is 17.2. The van der Waals surface area contributed by atoms with Gasteiger partial charge in [-0.2, -0.15) is 0 Å². The molecule has 0 fully saturated rings. The maximum atomic E-state index is 13.0. The fourth-order valence-corrected chi connectivity index (χ4v) is 4.55. The first-order valence-corrected chi connectivity index (χ1v) is 10.2. The van der Waals surface area contributed by atoms with E-state index >= 15 is 0 Å². The maximum absolute atomic E-state index is 13.0. The summed E-state index contributed by atoms with van der Waals surface area (Å²) in [6.45, 7) is 4.43. The zero-order valence-electron chi connectivity index (χ0n) is 16.5. The number of benzene rings is 3. The molecule has 28 heavy (non-hydrogen) atoms. The number of Topliss-reactive ketones (excluding diaryl/α,β-unsaturated/α-hetero) is 1. The van der Waals surface area contributed by atoms with Gasteiger partial charge in [0.1, 0.15) is 0 Å². The second-order valence-corrected chi connectivity index (χ2v) is 8.26. The number of rotatable bonds is 2. The van der Waals surface area contributed by atoms with Crippen LogP contribution in [0.2, 0.25) is 0 Å². The van der Waals surface area contributed by atoms with Gasteiger partial charge in [-0.05, 0) is 63.4 Å². The number of carbonyl (C=O) groups excluding carboxylic acids is 1. The number of hydrogen-bond acceptors (Lipinski definition) is 1. The summed E-state index contributed by atoms with van der Waals surface area (Å²) in [7, 11) is 0. The van der Waals surface area contributed by atoms with Crippen LogP contribution in [-0.4, -0.2) is 5.78 Å². The molecule has 3 aromatic rings. The lowest BCUT2D eigenvalue weighted by atomic mass is 9.79. The van der Waals surface area contributed by atoms with Crippen molar-refractivity contribution in [2.75, 3.05) is 0 Å². The number of ketones is 1. The van der Waals surface area contributed by atoms with E-state index in [1.165, 1.54) is 27.8 Å². The molecule has 3 aromatic carbocycles. The monoisotopic (exact) mass is 364 g/mol. The second-order valence-electron chi connectivity index (χ2n) is 8.26. The molecule has 0 spiro atoms. The van der Waals surface area contributed by atoms with Crippen molar-refractivity contribution in [3.8, 4) is 11.1 Å². The molecule has 0 amide bonds. The van der Waals surface area contributed by atoms with Crippen LogP contribution in [0, 0.1) is 0 Å². The number of hydrogen-bond donors (Lipinski definition) is 0. The van der Waals surface area contributed by atoms with Crippen molar-refractivity contribution in [2.45, 2.75) is 39.0 Å². The van der Waals surface area contributed by atoms with Gasteiger partial charge in [-0.25, -0.2) is 0 Å². The molecule has 5 rings (SSSR count). The van der Waals surface area contributed by atoms with Gasteiger partial charge < -0.3 is 0 Å². The van der Waals surface area contributed by atoms with Crippen molar-refractivity contribution in [1.29, 1.82) is 0 Å². The van der Waals surface area contributed by atoms with Crippen LogP contribution in [0.3, 0.4) is 0 Å². The quantitative estimate of drug-likeness (QED) is 0.465. The SMILES string of the molecule is CC(C)c1ccc(-c2ccc3c4c(ccc3c2)C2=C(CCC=C2)CC4=O)cc1. The molecular weight excluding hydrogens is 340 g/mol. The Kier molecular flexibility index (Phi) is 4.05. The third kappa shape index (κ3) is 2.74. The summed E-state index contributed by atoms with van der Waals surface area (Å²) in [5, 5.41) is 2.22. The predicted molar refractivity (Wildman–Crippen MR) is 118 cm³/mol. The zero-order chi connectivity index (χ0) is 19.3. The summed E-state index contributed by atoms with van der Waals surface area (Å²) in [5.41, 5.74) is 8.37. The molecule has 1 heteroatoms. The highest BCUT2D eigenvalue weighted by molar-refractivity contribution is 6.16. The number of allylic oxidation sites excluding steroid dienone is 4. The van der Waals surface area contributed by atoms with Crippen LogP contribution in [0.4, 0.5) is 0 Å². The average Bonchev–Trinajstić information content (AvgIpc) is 2.73. The second kappa shape index (κ2) is 6.60. The summed E-state index contributed by atoms with van der Waals surface area (Å²) in [4.78, 5) is 13.0. The number of carbonyl (C=O) groups is 1. The average molecular weight is 364 g/mol. The Balaban J connectivity index is 1.62. The van der Waals surface area contributed by atoms with E-state index in [4.69, 9.17) is 0 Å². The van der Waals surface area contributed by atoms with Crippen molar-refractivity contribution in [2.24, 2.45) is 0 Å². The lowest BCUT2D eigenvalue weighted by Gasteiger charge is -2.24. The minimum atomic E-state index is 0.267. The molecule has 2 aliphatic carbocycles. The van der Waals surface area contributed by atoms with Crippen molar-refractivity contribution in [3.63, 3.8) is 0 Å². The van der Waals surface area contributed by atoms with Crippen LogP contribution in [-0.2, 0) is 0 Å². The highest BCUT2D eigenvalue weighted by atomic mass is 16.1. The molecule has 138 valence electrons. The van der Waals surface area contributed by atoms with E-state index in [0.717, 1.165) is 34.7 Å². The third-order valence-corrected chi connectivity index (χ3v) is 6.15. The van der Waals surface area contributed by atoms with Gasteiger partial charge in [0.25, 0.3) is 0 Å². The topological polar surface area (TPSA) is 17.1 Å². The van der Waals surface area contributed by atoms with Crippen LogP contribution < -0.4 is 0 Å². The molecule has 0 atom stereocenters. The van der Waals surface area contributed by atoms with E-state index in [1.54, 1.807) is 0 Å². The Bertz CT molecular complexity index is 1160. The Morgan fingerprint density at radius 2 is 1.68 bits per heavy atom. The van der Waals surface area contributed by atoms with E-state index in [0.29, 0.717) is 12.3 Å². The minimum Gasteiger partial charge on any atom is -0.294 e. The molecule has 0 N–H and O–H groups in total. The molecule has 0 heterocycles. The molecule has 0 radical (unpaired) electrons. The fraction of sp³-hybridized carbons (Fsp3) is 0.222. The summed E-state index contributed by atoms with van der Waals surface area (Å²) >= 11 is 0. The normalized spacial score (nSPS) is 15.9. The van der Waals surface area contributed by atoms with Gasteiger partial charge in [0.15, 0.2) is 5.78 Å². The van der Waals surface area contributed by atoms with Crippen molar-refractivity contribution < 1.29 is 4.79 Å². The van der Waals surface area contributed by atoms with Gasteiger partial charge in [-0.3, -0.25) is 4.79 Å². The van der Waals surface area contributed by atoms with E-state index < -0.39 is 0 Å². The van der Waals surface area contributed by atoms with Gasteiger partial charge in [0.05, 0.1) is 0 Å². The van der Waals surface area contributed by atoms with E-state index in [1.807, 2.05) is 0 Å². The van der Waals surface area contributed by atoms with Gasteiger partial charge in [0, 0.05) is 12.0 Å². The molecule has 0 aromatic heterocycles. The van der Waals surface area contributed by atoms with E-state index in [2.05, 4.69) is 80.6 Å². The smallest absolute Gasteiger partial charge is 0.168 e. The van der Waals surface area contributed by atoms with Crippen LogP contribution in [0.25, 0.3) is 27.5 Å². The van der Waals surface area contributed by atoms with Gasteiger partial charge in [0.2, 0.25) is 0 Å². The van der Waals surface area contributed by atoms with Crippen LogP contribution in [0.15, 0.2) is 72.3 Å². The fourth-order valence-electron chi connectivity index (χ4n) is 4.55. The highest BCUT2D eigenvalue weighted by Crippen LogP contribution is 2.40. The van der Waals surface area contributed by atoms with Crippen molar-refractivity contribution in [3.05, 3.63) is 89.0 Å². The summed E-state index contributed by atoms with van der Waals surface area (Å²) < 4.78 is 0. The first-order valence-electron chi connectivity index (χ1n) is 10.2. The maximum Gasteiger partial charge on any atom is 0.168 e. The van der Waals surface area contributed by atoms with Crippen LogP contribution in [0.5, 0.6) is 0 Å². The summed E-state index contributed by atoms with van der Waals surface area (Å²) in [6, 6.07) is 19.6. The molecule has 0 saturated carbocycles. The van der Waals surface area contributed by atoms with E-state index in [9.17, 15) is 4.79 Å². The minimum absolute atomic E-state index is 0.267. The predicted octanol–water partition coefficient (Wildman–Crippen LogP) is 7.32. The largest absolute Gasteiger partial charge is 0.294 e. The van der Waals surface area contributed by atoms with Crippen molar-refractivity contribution in [1.82, 2.24) is 0 Å². The summed E-state index contributed by atoms with van der Waals surface area (Å²) in [5.74, 6) is 0.805.